The van der Waals surface area contributed by atoms with E-state index < -0.39 is 126 Å². The summed E-state index contributed by atoms with van der Waals surface area (Å²) in [7, 11) is 4.50. The fourth-order valence-electron chi connectivity index (χ4n) is 12.4. The molecule has 0 unspecified atom stereocenters. The lowest BCUT2D eigenvalue weighted by atomic mass is 9.94. The normalized spacial score (nSPS) is 13.0. The van der Waals surface area contributed by atoms with Crippen molar-refractivity contribution in [2.24, 2.45) is 0 Å². The summed E-state index contributed by atoms with van der Waals surface area (Å²) in [5.74, 6) is -1.84. The zero-order valence-electron chi connectivity index (χ0n) is 76.0. The number of fused-ring (bicyclic) bond motifs is 3. The van der Waals surface area contributed by atoms with Gasteiger partial charge in [0.25, 0.3) is 0 Å². The van der Waals surface area contributed by atoms with Gasteiger partial charge in [0, 0.05) is 38.9 Å². The van der Waals surface area contributed by atoms with Crippen LogP contribution in [0.5, 0.6) is 34.5 Å². The SMILES string of the molecule is COc1cc2c(cc1OCCCNC(=O)O[C@@H](CCC(=O)OCc1ccccc1)NC(=O)[C@H](C)NC(=O)OC(C)(C)C)Cc1cc(OC)c(OCCCNC(=O)O[C@@H](CCC(=O)OCc3ccccc3)NC(=O)[C@H](C)NC(=O)OC(C)(C)C)cc1Cc1cc(OC)c(OCCCNC(=O)O[C@@H](CCC(=O)OCc3ccccc3)NC(=O)[C@H](C)NC(=O)OC(C)(C)C)cc1C2. The lowest BCUT2D eigenvalue weighted by Crippen LogP contribution is -2.50. The van der Waals surface area contributed by atoms with Crippen molar-refractivity contribution in [2.45, 2.75) is 234 Å². The number of rotatable bonds is 45. The standard InChI is InChI=1S/C93H123N9O27/c1-58(97-88(112)127-91(4,5)6)82(106)100-76(34-37-79(103)121-55-61-28-19-16-20-29-61)124-85(109)94-40-25-43-118-73-52-67-46-65-50-71(116-14)75(120-45-27-42-96-87(111)126-78(36-39-81(105)123-57-63-32-23-18-24-33-63)102-84(108)60(3)99-90(114)129-93(10,11)12)54-69(65)48-66-51-72(117-15)74(53-68(66)47-64(67)49-70(73)115-13)119-44-26-41-95-86(110)125-77(35-38-80(104)122-56-62-30-21-17-22-31-62)101-83(107)59(2)98-89(113)128-92(7,8)9/h16-24,28-33,49-54,58-60,76-78H,25-27,34-48,55-57H2,1-15H3,(H,94,109)(H,95,110)(H,96,111)(H,97,112)(H,98,113)(H,99,114)(H,100,106)(H,101,107)(H,102,108)/t58-,59-,60-,76-,77-,78-/m0/s1. The molecule has 9 N–H and O–H groups in total. The van der Waals surface area contributed by atoms with Crippen LogP contribution in [0.15, 0.2) is 127 Å². The Labute approximate surface area is 751 Å². The molecule has 6 aromatic carbocycles. The number of alkyl carbamates (subject to hydrolysis) is 6. The van der Waals surface area contributed by atoms with E-state index in [2.05, 4.69) is 47.9 Å². The second kappa shape index (κ2) is 51.4. The number of carbonyl (C=O) groups excluding carboxylic acids is 12. The third-order valence-corrected chi connectivity index (χ3v) is 18.7. The Balaban J connectivity index is 1.08. The van der Waals surface area contributed by atoms with Crippen molar-refractivity contribution in [3.63, 3.8) is 0 Å². The minimum Gasteiger partial charge on any atom is -0.493 e. The molecule has 0 bridgehead atoms. The van der Waals surface area contributed by atoms with Gasteiger partial charge in [-0.2, -0.15) is 0 Å². The van der Waals surface area contributed by atoms with E-state index >= 15 is 0 Å². The summed E-state index contributed by atoms with van der Waals surface area (Å²) >= 11 is 0. The first kappa shape index (κ1) is 103. The van der Waals surface area contributed by atoms with Crippen molar-refractivity contribution in [1.29, 1.82) is 0 Å². The molecular weight excluding hydrogens is 1680 g/mol. The van der Waals surface area contributed by atoms with Crippen molar-refractivity contribution in [1.82, 2.24) is 47.9 Å². The van der Waals surface area contributed by atoms with Crippen LogP contribution in [0.1, 0.15) is 191 Å². The van der Waals surface area contributed by atoms with Gasteiger partial charge in [-0.25, -0.2) is 28.8 Å². The van der Waals surface area contributed by atoms with Gasteiger partial charge in [-0.15, -0.1) is 0 Å². The molecule has 129 heavy (non-hydrogen) atoms. The first-order chi connectivity index (χ1) is 61.3. The molecule has 0 aromatic heterocycles. The molecular formula is C93H123N9O27. The van der Waals surface area contributed by atoms with Crippen LogP contribution >= 0.6 is 0 Å². The molecule has 0 fully saturated rings. The minimum atomic E-state index is -1.34. The molecule has 1 aliphatic rings. The second-order valence-corrected chi connectivity index (χ2v) is 33.1. The van der Waals surface area contributed by atoms with Gasteiger partial charge in [-0.05, 0) is 208 Å². The average Bonchev–Trinajstić information content (AvgIpc) is 1.69. The van der Waals surface area contributed by atoms with Gasteiger partial charge < -0.3 is 119 Å². The molecule has 0 radical (unpaired) electrons. The molecule has 36 nitrogen and oxygen atoms in total. The first-order valence-corrected chi connectivity index (χ1v) is 42.6. The molecule has 1 aliphatic carbocycles. The molecule has 9 amide bonds. The maximum atomic E-state index is 13.5. The van der Waals surface area contributed by atoms with E-state index in [0.29, 0.717) is 53.8 Å². The fourth-order valence-corrected chi connectivity index (χ4v) is 12.4. The number of esters is 3. The Morgan fingerprint density at radius 1 is 0.318 bits per heavy atom. The van der Waals surface area contributed by atoms with Crippen LogP contribution in [-0.4, -0.2) is 187 Å². The van der Waals surface area contributed by atoms with Crippen LogP contribution in [0, 0.1) is 0 Å². The number of ether oxygens (including phenoxy) is 15. The Kier molecular flexibility index (Phi) is 40.9. The van der Waals surface area contributed by atoms with Crippen molar-refractivity contribution < 1.29 is 129 Å². The molecule has 6 atom stereocenters. The number of amides is 9. The smallest absolute Gasteiger partial charge is 0.409 e. The lowest BCUT2D eigenvalue weighted by molar-refractivity contribution is -0.146. The fraction of sp³-hybridized carbons (Fsp3) is 0.484. The van der Waals surface area contributed by atoms with Gasteiger partial charge >= 0.3 is 54.5 Å². The van der Waals surface area contributed by atoms with E-state index in [1.54, 1.807) is 135 Å². The van der Waals surface area contributed by atoms with E-state index in [1.807, 2.05) is 54.6 Å². The highest BCUT2D eigenvalue weighted by atomic mass is 16.6. The maximum absolute atomic E-state index is 13.5. The molecule has 7 rings (SSSR count). The number of hydrogen-bond donors (Lipinski definition) is 9. The zero-order chi connectivity index (χ0) is 94.2. The predicted molar refractivity (Wildman–Crippen MR) is 470 cm³/mol. The van der Waals surface area contributed by atoms with Crippen LogP contribution < -0.4 is 76.3 Å². The van der Waals surface area contributed by atoms with E-state index in [-0.39, 0.29) is 117 Å². The van der Waals surface area contributed by atoms with Gasteiger partial charge in [-0.1, -0.05) is 91.0 Å². The summed E-state index contributed by atoms with van der Waals surface area (Å²) in [6.45, 7) is 19.4. The molecule has 36 heteroatoms. The minimum absolute atomic E-state index is 0.00562. The summed E-state index contributed by atoms with van der Waals surface area (Å²) in [6.07, 6.45) is -9.04. The number of methoxy groups -OCH3 is 3. The summed E-state index contributed by atoms with van der Waals surface area (Å²) in [5, 5.41) is 23.1. The molecule has 0 spiro atoms. The highest BCUT2D eigenvalue weighted by Crippen LogP contribution is 2.41. The Morgan fingerprint density at radius 2 is 0.550 bits per heavy atom. The van der Waals surface area contributed by atoms with Gasteiger partial charge in [-0.3, -0.25) is 28.8 Å². The van der Waals surface area contributed by atoms with Gasteiger partial charge in [0.1, 0.15) is 54.7 Å². The largest absolute Gasteiger partial charge is 0.493 e. The van der Waals surface area contributed by atoms with Gasteiger partial charge in [0.15, 0.2) is 53.2 Å². The number of carbonyl (C=O) groups is 12. The molecule has 0 heterocycles. The van der Waals surface area contributed by atoms with Crippen LogP contribution in [-0.2, 0) is 110 Å². The van der Waals surface area contributed by atoms with Crippen molar-refractivity contribution in [2.75, 3.05) is 60.8 Å². The Hall–Kier alpha value is -13.4. The van der Waals surface area contributed by atoms with E-state index in [4.69, 9.17) is 71.1 Å². The quantitative estimate of drug-likeness (QED) is 0.00741. The number of hydrogen-bond acceptors (Lipinski definition) is 27. The topological polar surface area (TPSA) is 452 Å². The number of nitrogens with one attached hydrogen (secondary N) is 9. The average molecular weight is 1800 g/mol. The second-order valence-electron chi connectivity index (χ2n) is 33.1. The summed E-state index contributed by atoms with van der Waals surface area (Å²) < 4.78 is 86.5. The molecule has 0 saturated heterocycles. The summed E-state index contributed by atoms with van der Waals surface area (Å²) in [6, 6.07) is 34.9. The van der Waals surface area contributed by atoms with E-state index in [9.17, 15) is 57.5 Å². The van der Waals surface area contributed by atoms with Crippen molar-refractivity contribution >= 4 is 72.2 Å². The monoisotopic (exact) mass is 1800 g/mol. The third kappa shape index (κ3) is 38.7. The maximum Gasteiger partial charge on any atom is 0.409 e. The van der Waals surface area contributed by atoms with Crippen LogP contribution in [0.3, 0.4) is 0 Å². The van der Waals surface area contributed by atoms with Crippen molar-refractivity contribution in [3.05, 3.63) is 177 Å². The third-order valence-electron chi connectivity index (χ3n) is 18.7. The molecule has 702 valence electrons. The molecule has 0 saturated carbocycles. The first-order valence-electron chi connectivity index (χ1n) is 42.6. The van der Waals surface area contributed by atoms with Gasteiger partial charge in [0.05, 0.1) is 60.4 Å². The zero-order valence-corrected chi connectivity index (χ0v) is 76.0. The van der Waals surface area contributed by atoms with Gasteiger partial charge in [0.2, 0.25) is 17.7 Å². The summed E-state index contributed by atoms with van der Waals surface area (Å²) in [4.78, 5) is 157. The predicted octanol–water partition coefficient (Wildman–Crippen LogP) is 11.9. The molecule has 6 aromatic rings. The van der Waals surface area contributed by atoms with Crippen LogP contribution in [0.2, 0.25) is 0 Å². The lowest BCUT2D eigenvalue weighted by Gasteiger charge is -2.24. The highest BCUT2D eigenvalue weighted by Gasteiger charge is 2.31. The Bertz CT molecular complexity index is 4250. The van der Waals surface area contributed by atoms with E-state index in [1.165, 1.54) is 42.1 Å². The summed E-state index contributed by atoms with van der Waals surface area (Å²) in [5.41, 5.74) is 4.61. The van der Waals surface area contributed by atoms with Crippen LogP contribution in [0.4, 0.5) is 28.8 Å². The number of benzene rings is 6. The van der Waals surface area contributed by atoms with E-state index in [0.717, 1.165) is 50.1 Å². The van der Waals surface area contributed by atoms with Crippen LogP contribution in [0.25, 0.3) is 0 Å². The molecule has 0 aliphatic heterocycles. The Morgan fingerprint density at radius 3 is 0.775 bits per heavy atom. The van der Waals surface area contributed by atoms with Crippen molar-refractivity contribution in [3.8, 4) is 34.5 Å². The highest BCUT2D eigenvalue weighted by molar-refractivity contribution is 5.87.